The minimum absolute atomic E-state index is 0.142. The zero-order valence-corrected chi connectivity index (χ0v) is 15.4. The largest absolute Gasteiger partial charge is 0.370 e. The Labute approximate surface area is 154 Å². The third-order valence-corrected chi connectivity index (χ3v) is 5.27. The van der Waals surface area contributed by atoms with E-state index in [1.54, 1.807) is 6.92 Å². The number of piperazine rings is 1. The lowest BCUT2D eigenvalue weighted by atomic mass is 9.98. The number of rotatable bonds is 3. The van der Waals surface area contributed by atoms with E-state index in [1.165, 1.54) is 12.1 Å². The average molecular weight is 361 g/mol. The van der Waals surface area contributed by atoms with E-state index in [4.69, 9.17) is 5.73 Å². The van der Waals surface area contributed by atoms with Gasteiger partial charge in [0.2, 0.25) is 5.91 Å². The molecule has 0 saturated carbocycles. The van der Waals surface area contributed by atoms with Crippen molar-refractivity contribution in [3.8, 4) is 0 Å². The molecule has 1 amide bonds. The van der Waals surface area contributed by atoms with E-state index in [1.807, 2.05) is 17.0 Å². The van der Waals surface area contributed by atoms with E-state index in [2.05, 4.69) is 14.8 Å². The molecule has 0 aromatic heterocycles. The first-order chi connectivity index (χ1) is 12.5. The van der Waals surface area contributed by atoms with Crippen LogP contribution in [-0.4, -0.2) is 67.5 Å². The Balaban J connectivity index is 1.48. The predicted octanol–water partition coefficient (Wildman–Crippen LogP) is 1.52. The van der Waals surface area contributed by atoms with Crippen molar-refractivity contribution in [3.63, 3.8) is 0 Å². The monoisotopic (exact) mass is 361 g/mol. The minimum atomic E-state index is -0.213. The van der Waals surface area contributed by atoms with Crippen molar-refractivity contribution in [2.75, 3.05) is 50.7 Å². The van der Waals surface area contributed by atoms with E-state index in [0.29, 0.717) is 18.4 Å². The van der Waals surface area contributed by atoms with Gasteiger partial charge in [-0.25, -0.2) is 4.39 Å². The molecular formula is C19H28FN5O. The number of anilines is 1. The van der Waals surface area contributed by atoms with Crippen molar-refractivity contribution >= 4 is 17.6 Å². The Morgan fingerprint density at radius 3 is 2.50 bits per heavy atom. The molecule has 2 heterocycles. The van der Waals surface area contributed by atoms with Gasteiger partial charge in [-0.2, -0.15) is 0 Å². The summed E-state index contributed by atoms with van der Waals surface area (Å²) in [6.45, 7) is 7.22. The van der Waals surface area contributed by atoms with Gasteiger partial charge in [0, 0.05) is 58.4 Å². The van der Waals surface area contributed by atoms with Crippen molar-refractivity contribution < 1.29 is 9.18 Å². The van der Waals surface area contributed by atoms with Gasteiger partial charge in [-0.15, -0.1) is 0 Å². The number of carbonyl (C=O) groups is 1. The first kappa shape index (κ1) is 18.5. The number of piperidine rings is 1. The topological polar surface area (TPSA) is 65.2 Å². The van der Waals surface area contributed by atoms with Gasteiger partial charge in [0.05, 0.1) is 0 Å². The molecule has 2 fully saturated rings. The van der Waals surface area contributed by atoms with Crippen LogP contribution in [0.1, 0.15) is 19.8 Å². The molecule has 2 N–H and O–H groups in total. The van der Waals surface area contributed by atoms with Crippen LogP contribution in [0.2, 0.25) is 0 Å². The highest BCUT2D eigenvalue weighted by molar-refractivity contribution is 5.78. The number of nitrogens with two attached hydrogens (primary N) is 1. The average Bonchev–Trinajstić information content (AvgIpc) is 2.67. The number of halogens is 1. The van der Waals surface area contributed by atoms with Crippen LogP contribution in [0, 0.1) is 11.7 Å². The Hall–Kier alpha value is -2.31. The van der Waals surface area contributed by atoms with Gasteiger partial charge in [0.25, 0.3) is 0 Å². The fraction of sp³-hybridized carbons (Fsp3) is 0.579. The maximum absolute atomic E-state index is 13.0. The van der Waals surface area contributed by atoms with E-state index < -0.39 is 0 Å². The van der Waals surface area contributed by atoms with E-state index in [9.17, 15) is 9.18 Å². The number of nitrogens with zero attached hydrogens (tertiary/aromatic N) is 4. The van der Waals surface area contributed by atoms with E-state index >= 15 is 0 Å². The molecule has 0 radical (unpaired) electrons. The number of amides is 1. The molecule has 3 rings (SSSR count). The van der Waals surface area contributed by atoms with Crippen molar-refractivity contribution in [3.05, 3.63) is 30.1 Å². The van der Waals surface area contributed by atoms with Crippen LogP contribution in [0.25, 0.3) is 0 Å². The normalized spacial score (nSPS) is 21.8. The standard InChI is InChI=1S/C19H28FN5O/c1-15(26)25-8-2-3-16(14-25)13-22-19(21)24-11-9-23(10-12-24)18-6-4-17(20)5-7-18/h4-7,16H,2-3,8-14H2,1H3,(H2,21,22). The van der Waals surface area contributed by atoms with Crippen LogP contribution >= 0.6 is 0 Å². The number of hydrogen-bond donors (Lipinski definition) is 1. The number of benzene rings is 1. The summed E-state index contributed by atoms with van der Waals surface area (Å²) < 4.78 is 13.0. The molecule has 0 spiro atoms. The molecule has 26 heavy (non-hydrogen) atoms. The summed E-state index contributed by atoms with van der Waals surface area (Å²) in [6.07, 6.45) is 2.13. The molecule has 7 heteroatoms. The highest BCUT2D eigenvalue weighted by atomic mass is 19.1. The van der Waals surface area contributed by atoms with Crippen LogP contribution in [0.15, 0.2) is 29.3 Å². The van der Waals surface area contributed by atoms with Gasteiger partial charge >= 0.3 is 0 Å². The number of hydrogen-bond acceptors (Lipinski definition) is 3. The van der Waals surface area contributed by atoms with Crippen LogP contribution in [-0.2, 0) is 4.79 Å². The molecule has 2 aliphatic rings. The highest BCUT2D eigenvalue weighted by Crippen LogP contribution is 2.18. The maximum atomic E-state index is 13.0. The van der Waals surface area contributed by atoms with Crippen LogP contribution in [0.4, 0.5) is 10.1 Å². The minimum Gasteiger partial charge on any atom is -0.370 e. The van der Waals surface area contributed by atoms with Crippen molar-refractivity contribution in [2.45, 2.75) is 19.8 Å². The summed E-state index contributed by atoms with van der Waals surface area (Å²) >= 11 is 0. The molecule has 2 aliphatic heterocycles. The highest BCUT2D eigenvalue weighted by Gasteiger charge is 2.22. The molecule has 1 aromatic rings. The summed E-state index contributed by atoms with van der Waals surface area (Å²) in [5.74, 6) is 0.911. The number of carbonyl (C=O) groups excluding carboxylic acids is 1. The van der Waals surface area contributed by atoms with Gasteiger partial charge in [0.1, 0.15) is 5.82 Å². The van der Waals surface area contributed by atoms with E-state index in [0.717, 1.165) is 57.8 Å². The van der Waals surface area contributed by atoms with Gasteiger partial charge in [-0.1, -0.05) is 0 Å². The number of guanidine groups is 1. The lowest BCUT2D eigenvalue weighted by molar-refractivity contribution is -0.130. The summed E-state index contributed by atoms with van der Waals surface area (Å²) in [5.41, 5.74) is 7.23. The molecule has 1 aromatic carbocycles. The second kappa shape index (κ2) is 8.38. The molecule has 1 unspecified atom stereocenters. The molecule has 2 saturated heterocycles. The fourth-order valence-electron chi connectivity index (χ4n) is 3.67. The number of likely N-dealkylation sites (tertiary alicyclic amines) is 1. The number of aliphatic imine (C=N–C) groups is 1. The second-order valence-electron chi connectivity index (χ2n) is 7.12. The SMILES string of the molecule is CC(=O)N1CCCC(CN=C(N)N2CCN(c3ccc(F)cc3)CC2)C1. The Bertz CT molecular complexity index is 640. The smallest absolute Gasteiger partial charge is 0.219 e. The zero-order chi connectivity index (χ0) is 18.5. The van der Waals surface area contributed by atoms with Crippen molar-refractivity contribution in [2.24, 2.45) is 16.6 Å². The van der Waals surface area contributed by atoms with Crippen LogP contribution < -0.4 is 10.6 Å². The van der Waals surface area contributed by atoms with Crippen LogP contribution in [0.3, 0.4) is 0 Å². The maximum Gasteiger partial charge on any atom is 0.219 e. The summed E-state index contributed by atoms with van der Waals surface area (Å²) in [7, 11) is 0. The molecule has 0 aliphatic carbocycles. The van der Waals surface area contributed by atoms with Gasteiger partial charge in [-0.3, -0.25) is 9.79 Å². The molecule has 142 valence electrons. The van der Waals surface area contributed by atoms with Gasteiger partial charge in [0.15, 0.2) is 5.96 Å². The quantitative estimate of drug-likeness (QED) is 0.655. The molecule has 6 nitrogen and oxygen atoms in total. The first-order valence-electron chi connectivity index (χ1n) is 9.34. The molecule has 1 atom stereocenters. The zero-order valence-electron chi connectivity index (χ0n) is 15.4. The Kier molecular flexibility index (Phi) is 5.96. The Morgan fingerprint density at radius 1 is 1.15 bits per heavy atom. The van der Waals surface area contributed by atoms with E-state index in [-0.39, 0.29) is 11.7 Å². The third kappa shape index (κ3) is 4.65. The molecule has 0 bridgehead atoms. The lowest BCUT2D eigenvalue weighted by Crippen LogP contribution is -2.51. The summed E-state index contributed by atoms with van der Waals surface area (Å²) in [4.78, 5) is 22.4. The van der Waals surface area contributed by atoms with Crippen molar-refractivity contribution in [1.29, 1.82) is 0 Å². The van der Waals surface area contributed by atoms with Gasteiger partial charge < -0.3 is 20.4 Å². The first-order valence-corrected chi connectivity index (χ1v) is 9.34. The molecular weight excluding hydrogens is 333 g/mol. The van der Waals surface area contributed by atoms with Crippen molar-refractivity contribution in [1.82, 2.24) is 9.80 Å². The van der Waals surface area contributed by atoms with Crippen LogP contribution in [0.5, 0.6) is 0 Å². The predicted molar refractivity (Wildman–Crippen MR) is 102 cm³/mol. The summed E-state index contributed by atoms with van der Waals surface area (Å²) in [6, 6.07) is 6.61. The lowest BCUT2D eigenvalue weighted by Gasteiger charge is -2.37. The Morgan fingerprint density at radius 2 is 1.85 bits per heavy atom. The second-order valence-corrected chi connectivity index (χ2v) is 7.12. The third-order valence-electron chi connectivity index (χ3n) is 5.27. The van der Waals surface area contributed by atoms with Gasteiger partial charge in [-0.05, 0) is 43.0 Å². The summed E-state index contributed by atoms with van der Waals surface area (Å²) in [5, 5.41) is 0. The fourth-order valence-corrected chi connectivity index (χ4v) is 3.67.